The summed E-state index contributed by atoms with van der Waals surface area (Å²) in [5, 5.41) is 3.59. The third-order valence-corrected chi connectivity index (χ3v) is 3.64. The quantitative estimate of drug-likeness (QED) is 0.899. The van der Waals surface area contributed by atoms with Gasteiger partial charge < -0.3 is 19.2 Å². The summed E-state index contributed by atoms with van der Waals surface area (Å²) in [5.41, 5.74) is 1.18. The van der Waals surface area contributed by atoms with Crippen molar-refractivity contribution < 1.29 is 13.9 Å². The Morgan fingerprint density at radius 1 is 1.20 bits per heavy atom. The Morgan fingerprint density at radius 2 is 2.05 bits per heavy atom. The summed E-state index contributed by atoms with van der Waals surface area (Å²) in [6.45, 7) is 4.60. The predicted molar refractivity (Wildman–Crippen MR) is 75.9 cm³/mol. The first-order chi connectivity index (χ1) is 9.78. The SMILES string of the molecule is CCC(NC(C)c1ccc2c(c1)OCO2)c1ccco1. The molecule has 3 rings (SSSR count). The van der Waals surface area contributed by atoms with Gasteiger partial charge in [0.2, 0.25) is 6.79 Å². The molecule has 0 saturated heterocycles. The minimum absolute atomic E-state index is 0.208. The average Bonchev–Trinajstić information content (AvgIpc) is 3.14. The van der Waals surface area contributed by atoms with Crippen LogP contribution in [-0.4, -0.2) is 6.79 Å². The topological polar surface area (TPSA) is 43.6 Å². The van der Waals surface area contributed by atoms with Crippen molar-refractivity contribution in [2.75, 3.05) is 6.79 Å². The van der Waals surface area contributed by atoms with Gasteiger partial charge in [-0.15, -0.1) is 0 Å². The highest BCUT2D eigenvalue weighted by Gasteiger charge is 2.19. The summed E-state index contributed by atoms with van der Waals surface area (Å²) in [5.74, 6) is 2.61. The van der Waals surface area contributed by atoms with Crippen LogP contribution in [0.25, 0.3) is 0 Å². The molecule has 0 amide bonds. The van der Waals surface area contributed by atoms with Crippen LogP contribution in [-0.2, 0) is 0 Å². The van der Waals surface area contributed by atoms with Crippen molar-refractivity contribution in [1.82, 2.24) is 5.32 Å². The van der Waals surface area contributed by atoms with Crippen LogP contribution >= 0.6 is 0 Å². The first kappa shape index (κ1) is 13.1. The fourth-order valence-electron chi connectivity index (χ4n) is 2.47. The van der Waals surface area contributed by atoms with Gasteiger partial charge in [0.05, 0.1) is 12.3 Å². The molecule has 0 bridgehead atoms. The fraction of sp³-hybridized carbons (Fsp3) is 0.375. The highest BCUT2D eigenvalue weighted by atomic mass is 16.7. The maximum atomic E-state index is 5.49. The molecular formula is C16H19NO3. The number of benzene rings is 1. The Balaban J connectivity index is 1.74. The summed E-state index contributed by atoms with van der Waals surface area (Å²) in [6, 6.07) is 10.4. The second-order valence-electron chi connectivity index (χ2n) is 4.98. The Bertz CT molecular complexity index is 565. The van der Waals surface area contributed by atoms with E-state index in [1.165, 1.54) is 5.56 Å². The van der Waals surface area contributed by atoms with Gasteiger partial charge in [0.1, 0.15) is 5.76 Å². The molecular weight excluding hydrogens is 254 g/mol. The zero-order valence-electron chi connectivity index (χ0n) is 11.8. The van der Waals surface area contributed by atoms with Gasteiger partial charge in [-0.25, -0.2) is 0 Å². The molecule has 0 aliphatic carbocycles. The van der Waals surface area contributed by atoms with E-state index in [1.54, 1.807) is 6.26 Å². The lowest BCUT2D eigenvalue weighted by Gasteiger charge is -2.21. The number of nitrogens with one attached hydrogen (secondary N) is 1. The zero-order chi connectivity index (χ0) is 13.9. The summed E-state index contributed by atoms with van der Waals surface area (Å²) in [7, 11) is 0. The van der Waals surface area contributed by atoms with E-state index in [0.717, 1.165) is 23.7 Å². The Kier molecular flexibility index (Phi) is 3.65. The zero-order valence-corrected chi connectivity index (χ0v) is 11.8. The number of fused-ring (bicyclic) bond motifs is 1. The van der Waals surface area contributed by atoms with Crippen molar-refractivity contribution in [2.24, 2.45) is 0 Å². The first-order valence-electron chi connectivity index (χ1n) is 6.97. The molecule has 1 N–H and O–H groups in total. The van der Waals surface area contributed by atoms with E-state index < -0.39 is 0 Å². The highest BCUT2D eigenvalue weighted by molar-refractivity contribution is 5.45. The summed E-state index contributed by atoms with van der Waals surface area (Å²) in [4.78, 5) is 0. The number of rotatable bonds is 5. The van der Waals surface area contributed by atoms with Crippen LogP contribution in [0, 0.1) is 0 Å². The number of ether oxygens (including phenoxy) is 2. The lowest BCUT2D eigenvalue weighted by molar-refractivity contribution is 0.174. The second kappa shape index (κ2) is 5.59. The van der Waals surface area contributed by atoms with Crippen LogP contribution in [0.1, 0.15) is 43.7 Å². The van der Waals surface area contributed by atoms with Crippen LogP contribution in [0.5, 0.6) is 11.5 Å². The third-order valence-electron chi connectivity index (χ3n) is 3.64. The van der Waals surface area contributed by atoms with E-state index in [-0.39, 0.29) is 12.1 Å². The van der Waals surface area contributed by atoms with Crippen molar-refractivity contribution >= 4 is 0 Å². The number of furan rings is 1. The van der Waals surface area contributed by atoms with E-state index in [0.29, 0.717) is 6.79 Å². The molecule has 1 aliphatic heterocycles. The van der Waals surface area contributed by atoms with Gasteiger partial charge in [-0.3, -0.25) is 0 Å². The number of hydrogen-bond acceptors (Lipinski definition) is 4. The van der Waals surface area contributed by atoms with E-state index in [4.69, 9.17) is 13.9 Å². The highest BCUT2D eigenvalue weighted by Crippen LogP contribution is 2.34. The average molecular weight is 273 g/mol. The van der Waals surface area contributed by atoms with Crippen LogP contribution < -0.4 is 14.8 Å². The maximum Gasteiger partial charge on any atom is 0.231 e. The third kappa shape index (κ3) is 2.51. The molecule has 1 aromatic heterocycles. The molecule has 0 radical (unpaired) electrons. The molecule has 2 aromatic rings. The second-order valence-corrected chi connectivity index (χ2v) is 4.98. The van der Waals surface area contributed by atoms with E-state index in [9.17, 15) is 0 Å². The molecule has 20 heavy (non-hydrogen) atoms. The van der Waals surface area contributed by atoms with Crippen LogP contribution in [0.3, 0.4) is 0 Å². The monoisotopic (exact) mass is 273 g/mol. The van der Waals surface area contributed by atoms with E-state index >= 15 is 0 Å². The van der Waals surface area contributed by atoms with Gasteiger partial charge in [0.25, 0.3) is 0 Å². The predicted octanol–water partition coefficient (Wildman–Crippen LogP) is 3.81. The first-order valence-corrected chi connectivity index (χ1v) is 6.97. The molecule has 1 aliphatic rings. The molecule has 2 unspecified atom stereocenters. The van der Waals surface area contributed by atoms with Gasteiger partial charge in [-0.2, -0.15) is 0 Å². The molecule has 0 fully saturated rings. The molecule has 2 atom stereocenters. The van der Waals surface area contributed by atoms with Gasteiger partial charge in [-0.1, -0.05) is 13.0 Å². The minimum Gasteiger partial charge on any atom is -0.468 e. The van der Waals surface area contributed by atoms with Crippen molar-refractivity contribution in [2.45, 2.75) is 32.4 Å². The molecule has 0 saturated carbocycles. The van der Waals surface area contributed by atoms with E-state index in [1.807, 2.05) is 24.3 Å². The van der Waals surface area contributed by atoms with Crippen molar-refractivity contribution in [3.8, 4) is 11.5 Å². The van der Waals surface area contributed by atoms with Crippen molar-refractivity contribution in [1.29, 1.82) is 0 Å². The largest absolute Gasteiger partial charge is 0.468 e. The molecule has 4 nitrogen and oxygen atoms in total. The Morgan fingerprint density at radius 3 is 2.80 bits per heavy atom. The van der Waals surface area contributed by atoms with Crippen LogP contribution in [0.2, 0.25) is 0 Å². The van der Waals surface area contributed by atoms with E-state index in [2.05, 4.69) is 25.2 Å². The smallest absolute Gasteiger partial charge is 0.231 e. The molecule has 1 aromatic carbocycles. The van der Waals surface area contributed by atoms with Crippen LogP contribution in [0.15, 0.2) is 41.0 Å². The van der Waals surface area contributed by atoms with Crippen molar-refractivity contribution in [3.05, 3.63) is 47.9 Å². The van der Waals surface area contributed by atoms with Gasteiger partial charge in [0.15, 0.2) is 11.5 Å². The van der Waals surface area contributed by atoms with Gasteiger partial charge in [0, 0.05) is 6.04 Å². The minimum atomic E-state index is 0.208. The molecule has 0 spiro atoms. The lowest BCUT2D eigenvalue weighted by atomic mass is 10.0. The molecule has 2 heterocycles. The standard InChI is InChI=1S/C16H19NO3/c1-3-13(14-5-4-8-18-14)17-11(2)12-6-7-15-16(9-12)20-10-19-15/h4-9,11,13,17H,3,10H2,1-2H3. The molecule has 106 valence electrons. The Hall–Kier alpha value is -1.94. The fourth-order valence-corrected chi connectivity index (χ4v) is 2.47. The van der Waals surface area contributed by atoms with Gasteiger partial charge >= 0.3 is 0 Å². The maximum absolute atomic E-state index is 5.49. The lowest BCUT2D eigenvalue weighted by Crippen LogP contribution is -2.23. The number of hydrogen-bond donors (Lipinski definition) is 1. The summed E-state index contributed by atoms with van der Waals surface area (Å²) < 4.78 is 16.3. The summed E-state index contributed by atoms with van der Waals surface area (Å²) >= 11 is 0. The Labute approximate surface area is 118 Å². The summed E-state index contributed by atoms with van der Waals surface area (Å²) in [6.07, 6.45) is 2.69. The molecule has 4 heteroatoms. The van der Waals surface area contributed by atoms with Crippen molar-refractivity contribution in [3.63, 3.8) is 0 Å². The van der Waals surface area contributed by atoms with Crippen LogP contribution in [0.4, 0.5) is 0 Å². The normalized spacial score (nSPS) is 16.1. The van der Waals surface area contributed by atoms with Gasteiger partial charge in [-0.05, 0) is 43.2 Å².